The van der Waals surface area contributed by atoms with Crippen molar-refractivity contribution in [1.29, 1.82) is 0 Å². The van der Waals surface area contributed by atoms with Gasteiger partial charge in [0, 0.05) is 22.9 Å². The van der Waals surface area contributed by atoms with Gasteiger partial charge in [-0.25, -0.2) is 28.1 Å². The molecule has 4 aromatic rings. The number of ether oxygens (including phenoxy) is 2. The van der Waals surface area contributed by atoms with E-state index in [4.69, 9.17) is 20.5 Å². The lowest BCUT2D eigenvalue weighted by Gasteiger charge is -2.33. The minimum absolute atomic E-state index is 0.0240. The average Bonchev–Trinajstić information content (AvgIpc) is 3.52. The Labute approximate surface area is 270 Å². The van der Waals surface area contributed by atoms with E-state index in [0.717, 1.165) is 0 Å². The molecule has 47 heavy (non-hydrogen) atoms. The lowest BCUT2D eigenvalue weighted by atomic mass is 9.99. The predicted molar refractivity (Wildman–Crippen MR) is 165 cm³/mol. The zero-order valence-electron chi connectivity index (χ0n) is 24.4. The highest BCUT2D eigenvalue weighted by Crippen LogP contribution is 2.34. The molecule has 5 N–H and O–H groups in total. The highest BCUT2D eigenvalue weighted by atomic mass is 32.2. The SMILES string of the molecule is CCOC(=O)c1csc(C(Cc2cccc(/C=N/N)c2)(NC(=O)c2ccc(-c3ccccc3S(N)(=O)=O)cc2)OC(=O)C(F)(F)F)n1. The van der Waals surface area contributed by atoms with Crippen LogP contribution in [0.5, 0.6) is 0 Å². The van der Waals surface area contributed by atoms with Gasteiger partial charge in [-0.3, -0.25) is 4.79 Å². The molecular weight excluding hydrogens is 663 g/mol. The summed E-state index contributed by atoms with van der Waals surface area (Å²) in [6.45, 7) is 1.51. The van der Waals surface area contributed by atoms with Gasteiger partial charge in [0.1, 0.15) is 0 Å². The van der Waals surface area contributed by atoms with E-state index in [1.54, 1.807) is 12.1 Å². The van der Waals surface area contributed by atoms with Crippen LogP contribution in [0.3, 0.4) is 0 Å². The Morgan fingerprint density at radius 1 is 1.04 bits per heavy atom. The summed E-state index contributed by atoms with van der Waals surface area (Å²) in [7, 11) is -4.10. The number of rotatable bonds is 11. The quantitative estimate of drug-likeness (QED) is 0.0690. The third-order valence-electron chi connectivity index (χ3n) is 6.43. The molecule has 0 aliphatic heterocycles. The summed E-state index contributed by atoms with van der Waals surface area (Å²) in [6.07, 6.45) is -4.80. The Morgan fingerprint density at radius 3 is 2.38 bits per heavy atom. The van der Waals surface area contributed by atoms with Gasteiger partial charge in [0.15, 0.2) is 10.7 Å². The van der Waals surface area contributed by atoms with Gasteiger partial charge in [0.2, 0.25) is 15.7 Å². The third kappa shape index (κ3) is 8.37. The van der Waals surface area contributed by atoms with Crippen LogP contribution in [0.2, 0.25) is 0 Å². The Bertz CT molecular complexity index is 1930. The average molecular weight is 690 g/mol. The van der Waals surface area contributed by atoms with E-state index in [2.05, 4.69) is 15.4 Å². The summed E-state index contributed by atoms with van der Waals surface area (Å²) < 4.78 is 75.1. The maximum absolute atomic E-state index is 13.7. The van der Waals surface area contributed by atoms with E-state index in [9.17, 15) is 36.0 Å². The van der Waals surface area contributed by atoms with Crippen molar-refractivity contribution < 1.29 is 45.4 Å². The van der Waals surface area contributed by atoms with Gasteiger partial charge in [-0.1, -0.05) is 48.5 Å². The maximum atomic E-state index is 13.7. The van der Waals surface area contributed by atoms with Crippen LogP contribution in [-0.4, -0.2) is 50.2 Å². The molecule has 0 spiro atoms. The number of hydrogen-bond acceptors (Lipinski definition) is 11. The monoisotopic (exact) mass is 689 g/mol. The zero-order chi connectivity index (χ0) is 34.4. The summed E-state index contributed by atoms with van der Waals surface area (Å²) in [5.74, 6) is 0.702. The molecule has 0 saturated carbocycles. The van der Waals surface area contributed by atoms with E-state index < -0.39 is 46.2 Å². The first-order valence-electron chi connectivity index (χ1n) is 13.5. The number of hydrazone groups is 1. The summed E-state index contributed by atoms with van der Waals surface area (Å²) in [4.78, 5) is 42.4. The largest absolute Gasteiger partial charge is 0.491 e. The number of aromatic nitrogens is 1. The molecule has 1 atom stereocenters. The van der Waals surface area contributed by atoms with Crippen LogP contribution >= 0.6 is 11.3 Å². The number of nitrogens with two attached hydrogens (primary N) is 2. The van der Waals surface area contributed by atoms with Gasteiger partial charge in [-0.2, -0.15) is 18.3 Å². The molecule has 17 heteroatoms. The van der Waals surface area contributed by atoms with E-state index in [0.29, 0.717) is 22.5 Å². The fourth-order valence-electron chi connectivity index (χ4n) is 4.42. The topological polar surface area (TPSA) is 193 Å². The Hall–Kier alpha value is -5.13. The molecule has 12 nitrogen and oxygen atoms in total. The third-order valence-corrected chi connectivity index (χ3v) is 8.38. The Balaban J connectivity index is 1.82. The minimum Gasteiger partial charge on any atom is -0.461 e. The second-order valence-electron chi connectivity index (χ2n) is 9.75. The van der Waals surface area contributed by atoms with Gasteiger partial charge in [-0.05, 0) is 47.9 Å². The molecule has 1 heterocycles. The van der Waals surface area contributed by atoms with Crippen molar-refractivity contribution in [1.82, 2.24) is 10.3 Å². The molecule has 0 aliphatic rings. The van der Waals surface area contributed by atoms with E-state index >= 15 is 0 Å². The summed E-state index contributed by atoms with van der Waals surface area (Å²) in [5.41, 5.74) is -1.70. The first-order valence-corrected chi connectivity index (χ1v) is 15.9. The first kappa shape index (κ1) is 34.7. The standard InChI is InChI=1S/C30H26F3N5O7S2/c1-2-44-26(40)23-17-46-27(37-23)29(45-28(41)30(31,32)33,15-18-6-5-7-19(14-18)16-36-34)38-25(39)21-12-10-20(11-13-21)22-8-3-4-9-24(22)47(35,42)43/h3-14,16-17H,2,15,34H2,1H3,(H,38,39)(H2,35,42,43)/b36-16+. The molecule has 0 saturated heterocycles. The molecule has 3 aromatic carbocycles. The fourth-order valence-corrected chi connectivity index (χ4v) is 6.06. The van der Waals surface area contributed by atoms with Crippen LogP contribution in [0, 0.1) is 0 Å². The van der Waals surface area contributed by atoms with E-state index in [1.807, 2.05) is 0 Å². The molecule has 1 amide bonds. The molecule has 4 rings (SSSR count). The van der Waals surface area contributed by atoms with E-state index in [1.165, 1.54) is 79.2 Å². The highest BCUT2D eigenvalue weighted by molar-refractivity contribution is 7.89. The van der Waals surface area contributed by atoms with Gasteiger partial charge < -0.3 is 20.6 Å². The molecule has 0 aliphatic carbocycles. The van der Waals surface area contributed by atoms with Crippen molar-refractivity contribution in [3.8, 4) is 11.1 Å². The van der Waals surface area contributed by atoms with Crippen LogP contribution < -0.4 is 16.3 Å². The predicted octanol–water partition coefficient (Wildman–Crippen LogP) is 3.86. The summed E-state index contributed by atoms with van der Waals surface area (Å²) in [6, 6.07) is 17.4. The van der Waals surface area contributed by atoms with Crippen molar-refractivity contribution in [2.45, 2.75) is 30.1 Å². The molecule has 1 aromatic heterocycles. The van der Waals surface area contributed by atoms with Gasteiger partial charge in [0.05, 0.1) is 17.7 Å². The van der Waals surface area contributed by atoms with Crippen molar-refractivity contribution in [3.05, 3.63) is 106 Å². The van der Waals surface area contributed by atoms with Crippen LogP contribution in [-0.2, 0) is 36.4 Å². The second-order valence-corrected chi connectivity index (χ2v) is 12.1. The van der Waals surface area contributed by atoms with Crippen LogP contribution in [0.1, 0.15) is 43.9 Å². The normalized spacial score (nSPS) is 13.1. The number of sulfonamides is 1. The molecule has 0 bridgehead atoms. The molecular formula is C30H26F3N5O7S2. The zero-order valence-corrected chi connectivity index (χ0v) is 26.0. The fraction of sp³-hybridized carbons (Fsp3) is 0.167. The van der Waals surface area contributed by atoms with Crippen LogP contribution in [0.25, 0.3) is 11.1 Å². The van der Waals surface area contributed by atoms with Crippen molar-refractivity contribution in [2.75, 3.05) is 6.61 Å². The number of esters is 2. The van der Waals surface area contributed by atoms with Crippen LogP contribution in [0.15, 0.2) is 88.2 Å². The molecule has 0 fully saturated rings. The number of halogens is 3. The number of benzene rings is 3. The smallest absolute Gasteiger partial charge is 0.461 e. The second kappa shape index (κ2) is 14.1. The minimum atomic E-state index is -5.48. The number of carbonyl (C=O) groups is 3. The molecule has 0 radical (unpaired) electrons. The number of nitrogens with zero attached hydrogens (tertiary/aromatic N) is 2. The van der Waals surface area contributed by atoms with Crippen LogP contribution in [0.4, 0.5) is 13.2 Å². The number of carbonyl (C=O) groups excluding carboxylic acids is 3. The lowest BCUT2D eigenvalue weighted by Crippen LogP contribution is -2.52. The van der Waals surface area contributed by atoms with E-state index in [-0.39, 0.29) is 38.9 Å². The number of amides is 1. The van der Waals surface area contributed by atoms with Gasteiger partial charge in [0.25, 0.3) is 5.91 Å². The number of thiazole rings is 1. The van der Waals surface area contributed by atoms with Crippen molar-refractivity contribution in [3.63, 3.8) is 0 Å². The lowest BCUT2D eigenvalue weighted by molar-refractivity contribution is -0.217. The highest BCUT2D eigenvalue weighted by Gasteiger charge is 2.50. The van der Waals surface area contributed by atoms with Crippen molar-refractivity contribution in [2.24, 2.45) is 16.1 Å². The number of hydrogen-bond donors (Lipinski definition) is 3. The number of primary sulfonamides is 1. The summed E-state index contributed by atoms with van der Waals surface area (Å²) >= 11 is 0.651. The Kier molecular flexibility index (Phi) is 10.4. The Morgan fingerprint density at radius 2 is 1.74 bits per heavy atom. The maximum Gasteiger partial charge on any atom is 0.491 e. The number of nitrogens with one attached hydrogen (secondary N) is 1. The summed E-state index contributed by atoms with van der Waals surface area (Å²) in [5, 5.41) is 12.0. The number of alkyl halides is 3. The van der Waals surface area contributed by atoms with Gasteiger partial charge in [-0.15, -0.1) is 11.3 Å². The van der Waals surface area contributed by atoms with Crippen molar-refractivity contribution >= 4 is 45.4 Å². The molecule has 1 unspecified atom stereocenters. The van der Waals surface area contributed by atoms with Gasteiger partial charge >= 0.3 is 18.1 Å². The first-order chi connectivity index (χ1) is 22.2. The molecule has 246 valence electrons.